The molecule has 1 aliphatic rings. The topological polar surface area (TPSA) is 86.3 Å². The van der Waals surface area contributed by atoms with Crippen LogP contribution in [0.1, 0.15) is 0 Å². The molecule has 19 heavy (non-hydrogen) atoms. The molecule has 2 heterocycles. The van der Waals surface area contributed by atoms with Crippen molar-refractivity contribution >= 4 is 16.7 Å². The molecule has 0 spiro atoms. The van der Waals surface area contributed by atoms with Gasteiger partial charge in [-0.05, 0) is 6.07 Å². The summed E-state index contributed by atoms with van der Waals surface area (Å²) in [6, 6.07) is 4.60. The summed E-state index contributed by atoms with van der Waals surface area (Å²) in [5, 5.41) is 18.7. The fraction of sp³-hybridized carbons (Fsp3) is 0.455. The third-order valence-corrected chi connectivity index (χ3v) is 3.15. The highest BCUT2D eigenvalue weighted by Crippen LogP contribution is 2.19. The summed E-state index contributed by atoms with van der Waals surface area (Å²) in [5.41, 5.74) is 1.38. The monoisotopic (exact) mass is 263 g/mol. The summed E-state index contributed by atoms with van der Waals surface area (Å²) in [6.07, 6.45) is 0. The molecular formula is C11H13N5O3. The van der Waals surface area contributed by atoms with Crippen LogP contribution in [0, 0.1) is 10.1 Å². The Labute approximate surface area is 108 Å². The van der Waals surface area contributed by atoms with E-state index in [9.17, 15) is 10.1 Å². The molecule has 0 amide bonds. The highest BCUT2D eigenvalue weighted by molar-refractivity contribution is 5.76. The number of nitro groups is 1. The first-order valence-corrected chi connectivity index (χ1v) is 6.02. The van der Waals surface area contributed by atoms with Gasteiger partial charge in [0.1, 0.15) is 5.52 Å². The predicted octanol–water partition coefficient (Wildman–Crippen LogP) is 0.629. The maximum Gasteiger partial charge on any atom is 0.271 e. The van der Waals surface area contributed by atoms with Crippen LogP contribution in [0.15, 0.2) is 18.2 Å². The van der Waals surface area contributed by atoms with Gasteiger partial charge in [-0.2, -0.15) is 0 Å². The van der Waals surface area contributed by atoms with Crippen LogP contribution in [0.5, 0.6) is 0 Å². The number of non-ortho nitro benzene ring substituents is 1. The molecule has 100 valence electrons. The number of nitro benzene ring substituents is 1. The molecule has 8 nitrogen and oxygen atoms in total. The highest BCUT2D eigenvalue weighted by atomic mass is 16.6. The van der Waals surface area contributed by atoms with Crippen LogP contribution in [0.4, 0.5) is 5.69 Å². The van der Waals surface area contributed by atoms with Gasteiger partial charge in [0.25, 0.3) is 5.69 Å². The Balaban J connectivity index is 1.86. The highest BCUT2D eigenvalue weighted by Gasteiger charge is 2.15. The van der Waals surface area contributed by atoms with Crippen LogP contribution in [0.2, 0.25) is 0 Å². The Morgan fingerprint density at radius 2 is 2.16 bits per heavy atom. The van der Waals surface area contributed by atoms with Crippen molar-refractivity contribution in [2.75, 3.05) is 26.3 Å². The molecule has 1 saturated heterocycles. The van der Waals surface area contributed by atoms with E-state index in [-0.39, 0.29) is 5.69 Å². The van der Waals surface area contributed by atoms with E-state index in [1.807, 2.05) is 0 Å². The summed E-state index contributed by atoms with van der Waals surface area (Å²) >= 11 is 0. The standard InChI is InChI=1S/C11H13N5O3/c17-16(18)9-1-2-11-10(7-9)12-13-15(11)8-14-3-5-19-6-4-14/h1-2,7H,3-6,8H2. The Kier molecular flexibility index (Phi) is 3.10. The number of rotatable bonds is 3. The molecule has 0 aliphatic carbocycles. The second-order valence-corrected chi connectivity index (χ2v) is 4.39. The Morgan fingerprint density at radius 3 is 2.89 bits per heavy atom. The minimum atomic E-state index is -0.430. The molecule has 8 heteroatoms. The normalized spacial score (nSPS) is 16.8. The lowest BCUT2D eigenvalue weighted by atomic mass is 10.3. The molecular weight excluding hydrogens is 250 g/mol. The van der Waals surface area contributed by atoms with Crippen molar-refractivity contribution < 1.29 is 9.66 Å². The molecule has 0 bridgehead atoms. The van der Waals surface area contributed by atoms with Crippen molar-refractivity contribution in [3.63, 3.8) is 0 Å². The van der Waals surface area contributed by atoms with Crippen LogP contribution in [-0.4, -0.2) is 51.1 Å². The molecule has 1 aromatic carbocycles. The van der Waals surface area contributed by atoms with Crippen LogP contribution in [0.25, 0.3) is 11.0 Å². The predicted molar refractivity (Wildman–Crippen MR) is 66.6 cm³/mol. The second kappa shape index (κ2) is 4.90. The Bertz CT molecular complexity index is 605. The number of nitrogens with zero attached hydrogens (tertiary/aromatic N) is 5. The van der Waals surface area contributed by atoms with Gasteiger partial charge in [0.2, 0.25) is 0 Å². The summed E-state index contributed by atoms with van der Waals surface area (Å²) < 4.78 is 7.04. The third kappa shape index (κ3) is 2.40. The van der Waals surface area contributed by atoms with E-state index >= 15 is 0 Å². The third-order valence-electron chi connectivity index (χ3n) is 3.15. The summed E-state index contributed by atoms with van der Waals surface area (Å²) in [4.78, 5) is 12.5. The summed E-state index contributed by atoms with van der Waals surface area (Å²) in [6.45, 7) is 3.77. The van der Waals surface area contributed by atoms with E-state index in [4.69, 9.17) is 4.74 Å². The lowest BCUT2D eigenvalue weighted by molar-refractivity contribution is -0.384. The molecule has 0 N–H and O–H groups in total. The first kappa shape index (κ1) is 12.0. The SMILES string of the molecule is O=[N+]([O-])c1ccc2c(c1)nnn2CN1CCOCC1. The number of hydrogen-bond acceptors (Lipinski definition) is 6. The minimum Gasteiger partial charge on any atom is -0.379 e. The number of hydrogen-bond donors (Lipinski definition) is 0. The van der Waals surface area contributed by atoms with E-state index in [1.165, 1.54) is 12.1 Å². The second-order valence-electron chi connectivity index (χ2n) is 4.39. The van der Waals surface area contributed by atoms with Gasteiger partial charge in [-0.3, -0.25) is 15.0 Å². The quantitative estimate of drug-likeness (QED) is 0.596. The average Bonchev–Trinajstić information content (AvgIpc) is 2.82. The number of ether oxygens (including phenoxy) is 1. The first-order valence-electron chi connectivity index (χ1n) is 6.02. The van der Waals surface area contributed by atoms with Crippen LogP contribution >= 0.6 is 0 Å². The average molecular weight is 263 g/mol. The van der Waals surface area contributed by atoms with Crippen molar-refractivity contribution in [2.24, 2.45) is 0 Å². The minimum absolute atomic E-state index is 0.0333. The number of aromatic nitrogens is 3. The zero-order valence-electron chi connectivity index (χ0n) is 10.2. The van der Waals surface area contributed by atoms with Crippen molar-refractivity contribution in [1.82, 2.24) is 19.9 Å². The zero-order chi connectivity index (χ0) is 13.2. The van der Waals surface area contributed by atoms with Crippen molar-refractivity contribution in [3.05, 3.63) is 28.3 Å². The largest absolute Gasteiger partial charge is 0.379 e. The van der Waals surface area contributed by atoms with Gasteiger partial charge in [0.05, 0.1) is 30.3 Å². The van der Waals surface area contributed by atoms with Gasteiger partial charge < -0.3 is 4.74 Å². The van der Waals surface area contributed by atoms with Gasteiger partial charge in [-0.1, -0.05) is 5.21 Å². The van der Waals surface area contributed by atoms with Crippen molar-refractivity contribution in [1.29, 1.82) is 0 Å². The number of morpholine rings is 1. The van der Waals surface area contributed by atoms with Gasteiger partial charge in [0.15, 0.2) is 0 Å². The lowest BCUT2D eigenvalue weighted by Crippen LogP contribution is -2.37. The van der Waals surface area contributed by atoms with E-state index in [0.717, 1.165) is 31.8 Å². The fourth-order valence-electron chi connectivity index (χ4n) is 2.11. The van der Waals surface area contributed by atoms with Gasteiger partial charge in [-0.15, -0.1) is 5.10 Å². The van der Waals surface area contributed by atoms with Crippen molar-refractivity contribution in [2.45, 2.75) is 6.67 Å². The fourth-order valence-corrected chi connectivity index (χ4v) is 2.11. The Hall–Kier alpha value is -2.06. The van der Waals surface area contributed by atoms with E-state index in [1.54, 1.807) is 10.7 Å². The summed E-state index contributed by atoms with van der Waals surface area (Å²) in [5.74, 6) is 0. The molecule has 0 radical (unpaired) electrons. The van der Waals surface area contributed by atoms with Gasteiger partial charge in [0, 0.05) is 25.2 Å². The molecule has 1 aliphatic heterocycles. The first-order chi connectivity index (χ1) is 9.24. The molecule has 1 fully saturated rings. The van der Waals surface area contributed by atoms with Gasteiger partial charge >= 0.3 is 0 Å². The molecule has 0 unspecified atom stereocenters. The van der Waals surface area contributed by atoms with E-state index < -0.39 is 4.92 Å². The molecule has 0 atom stereocenters. The molecule has 3 rings (SSSR count). The summed E-state index contributed by atoms with van der Waals surface area (Å²) in [7, 11) is 0. The molecule has 0 saturated carbocycles. The lowest BCUT2D eigenvalue weighted by Gasteiger charge is -2.26. The van der Waals surface area contributed by atoms with Crippen molar-refractivity contribution in [3.8, 4) is 0 Å². The number of fused-ring (bicyclic) bond motifs is 1. The van der Waals surface area contributed by atoms with Gasteiger partial charge in [-0.25, -0.2) is 4.68 Å². The maximum absolute atomic E-state index is 10.7. The zero-order valence-corrected chi connectivity index (χ0v) is 10.2. The molecule has 2 aromatic rings. The maximum atomic E-state index is 10.7. The number of benzene rings is 1. The molecule has 1 aromatic heterocycles. The van der Waals surface area contributed by atoms with Crippen LogP contribution in [-0.2, 0) is 11.4 Å². The van der Waals surface area contributed by atoms with Crippen LogP contribution < -0.4 is 0 Å². The smallest absolute Gasteiger partial charge is 0.271 e. The Morgan fingerprint density at radius 1 is 1.37 bits per heavy atom. The van der Waals surface area contributed by atoms with E-state index in [0.29, 0.717) is 12.2 Å². The van der Waals surface area contributed by atoms with E-state index in [2.05, 4.69) is 15.2 Å². The van der Waals surface area contributed by atoms with Crippen LogP contribution in [0.3, 0.4) is 0 Å².